The summed E-state index contributed by atoms with van der Waals surface area (Å²) < 4.78 is 39.2. The molecule has 183 valence electrons. The number of hydrogen-bond acceptors (Lipinski definition) is 4. The summed E-state index contributed by atoms with van der Waals surface area (Å²) in [7, 11) is 0. The van der Waals surface area contributed by atoms with E-state index in [0.29, 0.717) is 11.1 Å². The van der Waals surface area contributed by atoms with Crippen molar-refractivity contribution in [2.24, 2.45) is 0 Å². The maximum Gasteiger partial charge on any atom is 0.129 e. The summed E-state index contributed by atoms with van der Waals surface area (Å²) in [6, 6.07) is 26.8. The number of rotatable bonds is 2. The first-order chi connectivity index (χ1) is 19.3. The van der Waals surface area contributed by atoms with Gasteiger partial charge in [-0.05, 0) is 49.0 Å². The van der Waals surface area contributed by atoms with Crippen molar-refractivity contribution in [1.29, 1.82) is 0 Å². The molecule has 0 spiro atoms. The van der Waals surface area contributed by atoms with Gasteiger partial charge in [0.05, 0.1) is 11.1 Å². The van der Waals surface area contributed by atoms with Crippen molar-refractivity contribution in [2.75, 3.05) is 0 Å². The first-order valence-electron chi connectivity index (χ1n) is 13.4. The summed E-state index contributed by atoms with van der Waals surface area (Å²) in [5, 5.41) is 2.94. The molecule has 7 rings (SSSR count). The van der Waals surface area contributed by atoms with E-state index >= 15 is 0 Å². The number of benzene rings is 3. The Morgan fingerprint density at radius 2 is 1.70 bits per heavy atom. The first kappa shape index (κ1) is 20.4. The van der Waals surface area contributed by atoms with Gasteiger partial charge in [-0.3, -0.25) is 0 Å². The van der Waals surface area contributed by atoms with Crippen LogP contribution in [0.15, 0.2) is 102 Å². The number of hydrogen-bond donors (Lipinski definition) is 0. The summed E-state index contributed by atoms with van der Waals surface area (Å²) in [6.45, 7) is 4.18. The van der Waals surface area contributed by atoms with Crippen molar-refractivity contribution in [2.45, 2.75) is 13.8 Å². The molecule has 0 amide bonds. The third-order valence-electron chi connectivity index (χ3n) is 6.08. The standard InChI is InChI=1S/C21H14NOS.C11H8N.Ir/c1-12-13(2)24-18-10-9-15-14-6-5-7-16(17-8-3-4-11-22-17)20(14)23-21(15)19(12)18;1-2-6-10(7-3-1)11-8-4-5-9-12-11;/h3-6,8-11H,1-2H3;1-6,8-9H;/q2*-1;/i3D,4D,8D,11D;;. The molecule has 3 nitrogen and oxygen atoms in total. The number of pyridine rings is 2. The van der Waals surface area contributed by atoms with Gasteiger partial charge in [-0.25, -0.2) is 0 Å². The Morgan fingerprint density at radius 3 is 2.51 bits per heavy atom. The van der Waals surface area contributed by atoms with Gasteiger partial charge in [0.1, 0.15) is 5.58 Å². The van der Waals surface area contributed by atoms with Crippen molar-refractivity contribution in [3.05, 3.63) is 120 Å². The van der Waals surface area contributed by atoms with Crippen LogP contribution in [0.5, 0.6) is 0 Å². The van der Waals surface area contributed by atoms with Crippen molar-refractivity contribution in [1.82, 2.24) is 9.97 Å². The predicted octanol–water partition coefficient (Wildman–Crippen LogP) is 8.83. The third kappa shape index (κ3) is 4.74. The van der Waals surface area contributed by atoms with Crippen LogP contribution in [-0.4, -0.2) is 9.97 Å². The van der Waals surface area contributed by atoms with Crippen molar-refractivity contribution >= 4 is 43.4 Å². The molecule has 0 N–H and O–H groups in total. The fourth-order valence-electron chi connectivity index (χ4n) is 4.24. The van der Waals surface area contributed by atoms with Gasteiger partial charge in [0.2, 0.25) is 0 Å². The van der Waals surface area contributed by atoms with Crippen molar-refractivity contribution in [3.8, 4) is 22.5 Å². The summed E-state index contributed by atoms with van der Waals surface area (Å²) in [4.78, 5) is 9.55. The van der Waals surface area contributed by atoms with Gasteiger partial charge < -0.3 is 14.4 Å². The van der Waals surface area contributed by atoms with Crippen molar-refractivity contribution < 1.29 is 30.0 Å². The predicted molar refractivity (Wildman–Crippen MR) is 149 cm³/mol. The Labute approximate surface area is 238 Å². The Morgan fingerprint density at radius 1 is 0.838 bits per heavy atom. The average Bonchev–Trinajstić information content (AvgIpc) is 3.51. The normalized spacial score (nSPS) is 12.3. The number of aryl methyl sites for hydroxylation is 2. The Balaban J connectivity index is 0.000000218. The molecule has 0 unspecified atom stereocenters. The van der Waals surface area contributed by atoms with E-state index in [1.807, 2.05) is 54.6 Å². The minimum absolute atomic E-state index is 0. The minimum atomic E-state index is -0.350. The molecule has 3 aromatic carbocycles. The molecule has 0 aliphatic heterocycles. The molecule has 0 atom stereocenters. The quantitative estimate of drug-likeness (QED) is 0.172. The van der Waals surface area contributed by atoms with E-state index in [1.54, 1.807) is 23.6 Å². The van der Waals surface area contributed by atoms with Crippen LogP contribution >= 0.6 is 11.3 Å². The molecular weight excluding hydrogens is 653 g/mol. The Kier molecular flexibility index (Phi) is 5.95. The van der Waals surface area contributed by atoms with Gasteiger partial charge in [0.25, 0.3) is 0 Å². The third-order valence-corrected chi connectivity index (χ3v) is 7.26. The van der Waals surface area contributed by atoms with Gasteiger partial charge >= 0.3 is 0 Å². The topological polar surface area (TPSA) is 38.9 Å². The number of aromatic nitrogens is 2. The van der Waals surface area contributed by atoms with Gasteiger partial charge in [-0.2, -0.15) is 0 Å². The minimum Gasteiger partial charge on any atom is -0.500 e. The second kappa shape index (κ2) is 10.8. The van der Waals surface area contributed by atoms with E-state index in [9.17, 15) is 0 Å². The maximum absolute atomic E-state index is 8.24. The number of fused-ring (bicyclic) bond motifs is 5. The summed E-state index contributed by atoms with van der Waals surface area (Å²) in [5.41, 5.74) is 5.11. The summed E-state index contributed by atoms with van der Waals surface area (Å²) in [6.07, 6.45) is 1.46. The molecule has 5 heteroatoms. The zero-order valence-electron chi connectivity index (χ0n) is 24.0. The molecule has 0 aliphatic carbocycles. The largest absolute Gasteiger partial charge is 0.500 e. The number of furan rings is 1. The molecule has 0 fully saturated rings. The maximum atomic E-state index is 8.24. The smallest absolute Gasteiger partial charge is 0.129 e. The van der Waals surface area contributed by atoms with E-state index in [-0.39, 0.29) is 50.1 Å². The van der Waals surface area contributed by atoms with E-state index in [1.165, 1.54) is 10.4 Å². The molecule has 0 saturated heterocycles. The van der Waals surface area contributed by atoms with Crippen LogP contribution in [0.4, 0.5) is 0 Å². The van der Waals surface area contributed by atoms with Gasteiger partial charge in [0, 0.05) is 52.8 Å². The summed E-state index contributed by atoms with van der Waals surface area (Å²) >= 11 is 1.73. The van der Waals surface area contributed by atoms with Crippen LogP contribution in [0, 0.1) is 26.0 Å². The first-order valence-corrected chi connectivity index (χ1v) is 12.2. The Hall–Kier alpha value is -3.63. The van der Waals surface area contributed by atoms with Crippen LogP contribution in [0.1, 0.15) is 15.9 Å². The van der Waals surface area contributed by atoms with Crippen LogP contribution in [0.25, 0.3) is 54.5 Å². The van der Waals surface area contributed by atoms with E-state index < -0.39 is 0 Å². The molecule has 0 saturated carbocycles. The van der Waals surface area contributed by atoms with Gasteiger partial charge in [-0.1, -0.05) is 41.2 Å². The average molecular weight is 679 g/mol. The Bertz CT molecular complexity index is 1990. The summed E-state index contributed by atoms with van der Waals surface area (Å²) in [5.74, 6) is 0. The number of nitrogens with zero attached hydrogens (tertiary/aromatic N) is 2. The molecular formula is C32H22IrN2OS-2. The fourth-order valence-corrected chi connectivity index (χ4v) is 5.31. The van der Waals surface area contributed by atoms with Crippen LogP contribution < -0.4 is 0 Å². The second-order valence-corrected chi connectivity index (χ2v) is 9.49. The van der Waals surface area contributed by atoms with E-state index in [2.05, 4.69) is 42.0 Å². The van der Waals surface area contributed by atoms with Crippen LogP contribution in [0.3, 0.4) is 0 Å². The zero-order chi connectivity index (χ0) is 28.0. The SMILES string of the molecule is [2H]c1nc(-c2[c-]ccc3c2oc2c3ccc3sc(C)c(C)c32)c([2H])c([2H])c1[2H].[Ir].[c-]1ccccc1-c1ccccn1. The molecule has 4 heterocycles. The molecule has 1 radical (unpaired) electrons. The second-order valence-electron chi connectivity index (χ2n) is 8.23. The van der Waals surface area contributed by atoms with Crippen LogP contribution in [0.2, 0.25) is 0 Å². The molecule has 37 heavy (non-hydrogen) atoms. The number of thiophene rings is 1. The van der Waals surface area contributed by atoms with E-state index in [4.69, 9.17) is 9.90 Å². The van der Waals surface area contributed by atoms with Crippen molar-refractivity contribution in [3.63, 3.8) is 0 Å². The van der Waals surface area contributed by atoms with Crippen LogP contribution in [-0.2, 0) is 20.1 Å². The molecule has 0 bridgehead atoms. The molecule has 7 aromatic rings. The monoisotopic (exact) mass is 679 g/mol. The molecule has 0 aliphatic rings. The van der Waals surface area contributed by atoms with E-state index in [0.717, 1.165) is 37.7 Å². The van der Waals surface area contributed by atoms with Gasteiger partial charge in [-0.15, -0.1) is 65.4 Å². The van der Waals surface area contributed by atoms with Gasteiger partial charge in [0.15, 0.2) is 0 Å². The molecule has 4 aromatic heterocycles. The zero-order valence-corrected chi connectivity index (χ0v) is 23.2. The fraction of sp³-hybridized carbons (Fsp3) is 0.0625.